The van der Waals surface area contributed by atoms with Crippen LogP contribution in [0.4, 0.5) is 15.9 Å². The second-order valence-electron chi connectivity index (χ2n) is 4.91. The lowest BCUT2D eigenvalue weighted by atomic mass is 10.0. The molecule has 0 aliphatic heterocycles. The van der Waals surface area contributed by atoms with Crippen LogP contribution in [0, 0.1) is 12.7 Å². The average Bonchev–Trinajstić information content (AvgIpc) is 2.46. The standard InChI is InChI=1S/C16H13ClFN3/c1-8-2-4-10-11(15(8)19)7-14(21-16(10)20)9-3-5-13(18)12(17)6-9/h2-7H,19H2,1H3,(H2,20,21). The molecule has 0 aliphatic rings. The zero-order valence-corrected chi connectivity index (χ0v) is 12.1. The Labute approximate surface area is 126 Å². The topological polar surface area (TPSA) is 64.9 Å². The summed E-state index contributed by atoms with van der Waals surface area (Å²) in [6.45, 7) is 1.93. The van der Waals surface area contributed by atoms with Gasteiger partial charge in [-0.1, -0.05) is 23.7 Å². The van der Waals surface area contributed by atoms with Crippen molar-refractivity contribution >= 4 is 33.9 Å². The predicted octanol–water partition coefficient (Wildman–Crippen LogP) is 4.17. The summed E-state index contributed by atoms with van der Waals surface area (Å²) in [4.78, 5) is 4.35. The molecule has 0 spiro atoms. The number of rotatable bonds is 1. The molecular formula is C16H13ClFN3. The molecule has 5 heteroatoms. The largest absolute Gasteiger partial charge is 0.398 e. The minimum absolute atomic E-state index is 0.0465. The number of fused-ring (bicyclic) bond motifs is 1. The van der Waals surface area contributed by atoms with Gasteiger partial charge in [0.05, 0.1) is 10.7 Å². The van der Waals surface area contributed by atoms with Crippen molar-refractivity contribution in [2.24, 2.45) is 0 Å². The number of nitrogen functional groups attached to an aromatic ring is 2. The highest BCUT2D eigenvalue weighted by Gasteiger charge is 2.10. The van der Waals surface area contributed by atoms with E-state index in [1.54, 1.807) is 6.07 Å². The van der Waals surface area contributed by atoms with E-state index in [9.17, 15) is 4.39 Å². The fourth-order valence-electron chi connectivity index (χ4n) is 2.29. The van der Waals surface area contributed by atoms with Gasteiger partial charge < -0.3 is 11.5 Å². The first-order valence-corrected chi connectivity index (χ1v) is 6.76. The molecule has 0 atom stereocenters. The highest BCUT2D eigenvalue weighted by molar-refractivity contribution is 6.31. The molecule has 0 radical (unpaired) electrons. The van der Waals surface area contributed by atoms with E-state index < -0.39 is 5.82 Å². The predicted molar refractivity (Wildman–Crippen MR) is 85.7 cm³/mol. The van der Waals surface area contributed by atoms with Crippen LogP contribution in [0.15, 0.2) is 36.4 Å². The average molecular weight is 302 g/mol. The highest BCUT2D eigenvalue weighted by atomic mass is 35.5. The lowest BCUT2D eigenvalue weighted by Crippen LogP contribution is -1.98. The van der Waals surface area contributed by atoms with E-state index in [0.717, 1.165) is 16.3 Å². The van der Waals surface area contributed by atoms with Crippen molar-refractivity contribution in [2.45, 2.75) is 6.92 Å². The summed E-state index contributed by atoms with van der Waals surface area (Å²) in [5.74, 6) is -0.0841. The summed E-state index contributed by atoms with van der Waals surface area (Å²) in [6, 6.07) is 10.1. The molecule has 1 aromatic heterocycles. The molecule has 0 amide bonds. The number of nitrogens with two attached hydrogens (primary N) is 2. The second-order valence-corrected chi connectivity index (χ2v) is 5.32. The fraction of sp³-hybridized carbons (Fsp3) is 0.0625. The van der Waals surface area contributed by atoms with Gasteiger partial charge in [-0.3, -0.25) is 0 Å². The molecular weight excluding hydrogens is 289 g/mol. The maximum atomic E-state index is 13.3. The third-order valence-electron chi connectivity index (χ3n) is 3.52. The molecule has 106 valence electrons. The Morgan fingerprint density at radius 2 is 1.81 bits per heavy atom. The summed E-state index contributed by atoms with van der Waals surface area (Å²) >= 11 is 5.82. The second kappa shape index (κ2) is 4.90. The number of hydrogen-bond acceptors (Lipinski definition) is 3. The van der Waals surface area contributed by atoms with E-state index in [0.29, 0.717) is 22.8 Å². The summed E-state index contributed by atoms with van der Waals surface area (Å²) in [6.07, 6.45) is 0. The molecule has 0 aliphatic carbocycles. The van der Waals surface area contributed by atoms with Gasteiger partial charge in [-0.25, -0.2) is 9.37 Å². The van der Waals surface area contributed by atoms with E-state index >= 15 is 0 Å². The van der Waals surface area contributed by atoms with Crippen LogP contribution in [0.3, 0.4) is 0 Å². The lowest BCUT2D eigenvalue weighted by Gasteiger charge is -2.10. The highest BCUT2D eigenvalue weighted by Crippen LogP contribution is 2.32. The molecule has 3 aromatic rings. The summed E-state index contributed by atoms with van der Waals surface area (Å²) in [5, 5.41) is 1.68. The van der Waals surface area contributed by atoms with Crippen LogP contribution in [0.5, 0.6) is 0 Å². The Bertz CT molecular complexity index is 862. The van der Waals surface area contributed by atoms with Gasteiger partial charge in [0.1, 0.15) is 11.6 Å². The SMILES string of the molecule is Cc1ccc2c(N)nc(-c3ccc(F)c(Cl)c3)cc2c1N. The van der Waals surface area contributed by atoms with Crippen molar-refractivity contribution in [2.75, 3.05) is 11.5 Å². The van der Waals surface area contributed by atoms with Crippen LogP contribution in [0.25, 0.3) is 22.0 Å². The van der Waals surface area contributed by atoms with Gasteiger partial charge in [0, 0.05) is 22.0 Å². The molecule has 0 saturated carbocycles. The van der Waals surface area contributed by atoms with Gasteiger partial charge in [0.15, 0.2) is 0 Å². The summed E-state index contributed by atoms with van der Waals surface area (Å²) < 4.78 is 13.3. The number of halogens is 2. The van der Waals surface area contributed by atoms with Crippen LogP contribution in [-0.2, 0) is 0 Å². The van der Waals surface area contributed by atoms with Crippen LogP contribution < -0.4 is 11.5 Å². The molecule has 0 bridgehead atoms. The number of nitrogens with zero attached hydrogens (tertiary/aromatic N) is 1. The first-order valence-electron chi connectivity index (χ1n) is 6.38. The van der Waals surface area contributed by atoms with Gasteiger partial charge in [0.2, 0.25) is 0 Å². The third kappa shape index (κ3) is 2.28. The molecule has 4 N–H and O–H groups in total. The van der Waals surface area contributed by atoms with Crippen LogP contribution in [0.2, 0.25) is 5.02 Å². The van der Waals surface area contributed by atoms with Crippen LogP contribution in [-0.4, -0.2) is 4.98 Å². The van der Waals surface area contributed by atoms with E-state index in [2.05, 4.69) is 4.98 Å². The number of pyridine rings is 1. The molecule has 2 aromatic carbocycles. The molecule has 1 heterocycles. The first kappa shape index (κ1) is 13.6. The van der Waals surface area contributed by atoms with E-state index in [4.69, 9.17) is 23.1 Å². The van der Waals surface area contributed by atoms with Gasteiger partial charge in [-0.05, 0) is 36.8 Å². The minimum Gasteiger partial charge on any atom is -0.398 e. The number of benzene rings is 2. The van der Waals surface area contributed by atoms with E-state index in [1.807, 2.05) is 25.1 Å². The van der Waals surface area contributed by atoms with Crippen molar-refractivity contribution in [1.29, 1.82) is 0 Å². The molecule has 0 fully saturated rings. The summed E-state index contributed by atoms with van der Waals surface area (Å²) in [5.41, 5.74) is 15.1. The fourth-order valence-corrected chi connectivity index (χ4v) is 2.47. The summed E-state index contributed by atoms with van der Waals surface area (Å²) in [7, 11) is 0. The Kier molecular flexibility index (Phi) is 3.18. The van der Waals surface area contributed by atoms with Crippen molar-refractivity contribution in [3.05, 3.63) is 52.8 Å². The molecule has 0 unspecified atom stereocenters. The third-order valence-corrected chi connectivity index (χ3v) is 3.81. The van der Waals surface area contributed by atoms with Crippen LogP contribution in [0.1, 0.15) is 5.56 Å². The Morgan fingerprint density at radius 1 is 1.05 bits per heavy atom. The lowest BCUT2D eigenvalue weighted by molar-refractivity contribution is 0.628. The van der Waals surface area contributed by atoms with Crippen molar-refractivity contribution in [3.63, 3.8) is 0 Å². The van der Waals surface area contributed by atoms with Gasteiger partial charge in [0.25, 0.3) is 0 Å². The Balaban J connectivity index is 2.28. The maximum Gasteiger partial charge on any atom is 0.141 e. The quantitative estimate of drug-likeness (QED) is 0.663. The number of aromatic nitrogens is 1. The normalized spacial score (nSPS) is 11.0. The molecule has 3 nitrogen and oxygen atoms in total. The van der Waals surface area contributed by atoms with Gasteiger partial charge >= 0.3 is 0 Å². The zero-order chi connectivity index (χ0) is 15.1. The van der Waals surface area contributed by atoms with Gasteiger partial charge in [-0.2, -0.15) is 0 Å². The molecule has 21 heavy (non-hydrogen) atoms. The first-order chi connectivity index (χ1) is 9.97. The smallest absolute Gasteiger partial charge is 0.141 e. The molecule has 0 saturated heterocycles. The Morgan fingerprint density at radius 3 is 2.52 bits per heavy atom. The van der Waals surface area contributed by atoms with Crippen molar-refractivity contribution < 1.29 is 4.39 Å². The number of aryl methyl sites for hydroxylation is 1. The van der Waals surface area contributed by atoms with Gasteiger partial charge in [-0.15, -0.1) is 0 Å². The van der Waals surface area contributed by atoms with E-state index in [1.165, 1.54) is 12.1 Å². The van der Waals surface area contributed by atoms with Crippen LogP contribution >= 0.6 is 11.6 Å². The monoisotopic (exact) mass is 301 g/mol. The number of hydrogen-bond donors (Lipinski definition) is 2. The Hall–Kier alpha value is -2.33. The minimum atomic E-state index is -0.468. The zero-order valence-electron chi connectivity index (χ0n) is 11.3. The van der Waals surface area contributed by atoms with E-state index in [-0.39, 0.29) is 5.02 Å². The van der Waals surface area contributed by atoms with Crippen molar-refractivity contribution in [3.8, 4) is 11.3 Å². The molecule has 3 rings (SSSR count). The number of anilines is 2. The van der Waals surface area contributed by atoms with Crippen molar-refractivity contribution in [1.82, 2.24) is 4.98 Å². The maximum absolute atomic E-state index is 13.3.